The quantitative estimate of drug-likeness (QED) is 0.572. The van der Waals surface area contributed by atoms with E-state index >= 15 is 0 Å². The lowest BCUT2D eigenvalue weighted by molar-refractivity contribution is 0.279. The van der Waals surface area contributed by atoms with Gasteiger partial charge < -0.3 is 5.32 Å². The molecular formula is C24H34Cl2N2S. The summed E-state index contributed by atoms with van der Waals surface area (Å²) in [6.45, 7) is 5.85. The summed E-state index contributed by atoms with van der Waals surface area (Å²) in [4.78, 5) is 4.08. The molecule has 1 N–H and O–H groups in total. The fourth-order valence-corrected chi connectivity index (χ4v) is 5.43. The molecule has 0 atom stereocenters. The third-order valence-corrected chi connectivity index (χ3v) is 7.10. The minimum Gasteiger partial charge on any atom is -0.317 e. The number of nitrogens with zero attached hydrogens (tertiary/aromatic N) is 1. The summed E-state index contributed by atoms with van der Waals surface area (Å²) in [6, 6.07) is 18.1. The Labute approximate surface area is 193 Å². The van der Waals surface area contributed by atoms with Crippen molar-refractivity contribution in [1.82, 2.24) is 10.2 Å². The number of rotatable bonds is 6. The summed E-state index contributed by atoms with van der Waals surface area (Å²) in [5.74, 6) is 2.20. The van der Waals surface area contributed by atoms with Crippen molar-refractivity contribution in [1.29, 1.82) is 0 Å². The Kier molecular flexibility index (Phi) is 10.9. The fraction of sp³-hybridized carbons (Fsp3) is 0.500. The number of hydrogen-bond donors (Lipinski definition) is 1. The monoisotopic (exact) mass is 452 g/mol. The number of benzene rings is 2. The van der Waals surface area contributed by atoms with Gasteiger partial charge in [0.25, 0.3) is 0 Å². The molecule has 0 aliphatic carbocycles. The summed E-state index contributed by atoms with van der Waals surface area (Å²) in [7, 11) is 0. The highest BCUT2D eigenvalue weighted by Crippen LogP contribution is 2.27. The van der Waals surface area contributed by atoms with Crippen LogP contribution in [0.15, 0.2) is 53.4 Å². The molecule has 0 unspecified atom stereocenters. The van der Waals surface area contributed by atoms with Gasteiger partial charge in [-0.15, -0.1) is 36.6 Å². The van der Waals surface area contributed by atoms with Gasteiger partial charge in [0, 0.05) is 24.5 Å². The molecule has 2 aliphatic rings. The number of fused-ring (bicyclic) bond motifs is 1. The second-order valence-electron chi connectivity index (χ2n) is 8.02. The van der Waals surface area contributed by atoms with E-state index in [0.717, 1.165) is 12.5 Å². The molecule has 0 saturated carbocycles. The first-order valence-corrected chi connectivity index (χ1v) is 11.6. The van der Waals surface area contributed by atoms with Crippen LogP contribution in [0.5, 0.6) is 0 Å². The molecule has 5 heteroatoms. The van der Waals surface area contributed by atoms with Gasteiger partial charge in [-0.1, -0.05) is 36.4 Å². The topological polar surface area (TPSA) is 15.3 Å². The molecule has 0 spiro atoms. The highest BCUT2D eigenvalue weighted by atomic mass is 35.5. The highest BCUT2D eigenvalue weighted by Gasteiger charge is 2.16. The van der Waals surface area contributed by atoms with E-state index in [-0.39, 0.29) is 24.8 Å². The van der Waals surface area contributed by atoms with Crippen molar-refractivity contribution in [3.05, 3.63) is 65.2 Å². The van der Waals surface area contributed by atoms with E-state index in [0.29, 0.717) is 0 Å². The Morgan fingerprint density at radius 1 is 0.897 bits per heavy atom. The molecule has 2 heterocycles. The van der Waals surface area contributed by atoms with Gasteiger partial charge in [0.1, 0.15) is 0 Å². The Morgan fingerprint density at radius 2 is 1.62 bits per heavy atom. The van der Waals surface area contributed by atoms with E-state index in [1.54, 1.807) is 11.1 Å². The zero-order valence-corrected chi connectivity index (χ0v) is 19.6. The van der Waals surface area contributed by atoms with Gasteiger partial charge in [-0.05, 0) is 85.7 Å². The van der Waals surface area contributed by atoms with Crippen LogP contribution in [0.3, 0.4) is 0 Å². The summed E-state index contributed by atoms with van der Waals surface area (Å²) in [6.07, 6.45) is 6.46. The summed E-state index contributed by atoms with van der Waals surface area (Å²) in [5, 5.41) is 3.47. The summed E-state index contributed by atoms with van der Waals surface area (Å²) in [5.41, 5.74) is 4.57. The van der Waals surface area contributed by atoms with Gasteiger partial charge in [-0.25, -0.2) is 0 Å². The van der Waals surface area contributed by atoms with Crippen molar-refractivity contribution in [2.24, 2.45) is 5.92 Å². The molecule has 2 aromatic carbocycles. The third kappa shape index (κ3) is 7.48. The Hall–Kier alpha value is -0.710. The van der Waals surface area contributed by atoms with E-state index in [1.165, 1.54) is 74.5 Å². The van der Waals surface area contributed by atoms with Crippen LogP contribution in [0.4, 0.5) is 0 Å². The normalized spacial score (nSPS) is 17.5. The molecule has 2 aliphatic heterocycles. The fourth-order valence-electron chi connectivity index (χ4n) is 4.35. The number of hydrogen-bond acceptors (Lipinski definition) is 3. The van der Waals surface area contributed by atoms with Crippen LogP contribution in [-0.4, -0.2) is 36.8 Å². The molecule has 0 radical (unpaired) electrons. The van der Waals surface area contributed by atoms with Crippen molar-refractivity contribution in [2.75, 3.05) is 31.9 Å². The minimum absolute atomic E-state index is 0. The lowest BCUT2D eigenvalue weighted by atomic mass is 9.96. The zero-order chi connectivity index (χ0) is 18.3. The van der Waals surface area contributed by atoms with Crippen LogP contribution < -0.4 is 5.32 Å². The first kappa shape index (κ1) is 24.6. The summed E-state index contributed by atoms with van der Waals surface area (Å²) < 4.78 is 0. The molecule has 1 fully saturated rings. The van der Waals surface area contributed by atoms with Crippen LogP contribution >= 0.6 is 36.6 Å². The maximum absolute atomic E-state index is 3.47. The molecule has 2 aromatic rings. The molecule has 0 bridgehead atoms. The number of nitrogens with one attached hydrogen (secondary N) is 1. The van der Waals surface area contributed by atoms with E-state index in [2.05, 4.69) is 70.5 Å². The van der Waals surface area contributed by atoms with Gasteiger partial charge >= 0.3 is 0 Å². The van der Waals surface area contributed by atoms with Crippen LogP contribution in [-0.2, 0) is 19.4 Å². The minimum atomic E-state index is 0. The average molecular weight is 454 g/mol. The Morgan fingerprint density at radius 3 is 2.38 bits per heavy atom. The standard InChI is InChI=1S/C24H32N2S.2ClH/c1-2-4-21(5-3-1)19-26-15-10-22-6-7-24(18-23(22)11-16-26)27-17-12-20-8-13-25-14-9-20;;/h1-7,18,20,25H,8-17,19H2;2*1H. The molecular weight excluding hydrogens is 419 g/mol. The lowest BCUT2D eigenvalue weighted by Gasteiger charge is -2.22. The number of thioether (sulfide) groups is 1. The van der Waals surface area contributed by atoms with Gasteiger partial charge in [-0.3, -0.25) is 4.90 Å². The molecule has 0 aromatic heterocycles. The van der Waals surface area contributed by atoms with Gasteiger partial charge in [0.2, 0.25) is 0 Å². The second kappa shape index (κ2) is 12.9. The summed E-state index contributed by atoms with van der Waals surface area (Å²) >= 11 is 2.06. The smallest absolute Gasteiger partial charge is 0.0233 e. The van der Waals surface area contributed by atoms with Crippen LogP contribution in [0, 0.1) is 5.92 Å². The Bertz CT molecular complexity index is 720. The second-order valence-corrected chi connectivity index (χ2v) is 9.19. The average Bonchev–Trinajstić information content (AvgIpc) is 2.92. The SMILES string of the molecule is Cl.Cl.c1ccc(CN2CCc3ccc(SCCC4CCNCC4)cc3CC2)cc1. The van der Waals surface area contributed by atoms with E-state index in [9.17, 15) is 0 Å². The van der Waals surface area contributed by atoms with E-state index < -0.39 is 0 Å². The van der Waals surface area contributed by atoms with Crippen molar-refractivity contribution in [3.63, 3.8) is 0 Å². The van der Waals surface area contributed by atoms with Gasteiger partial charge in [0.15, 0.2) is 0 Å². The van der Waals surface area contributed by atoms with Crippen LogP contribution in [0.25, 0.3) is 0 Å². The maximum atomic E-state index is 3.47. The molecule has 2 nitrogen and oxygen atoms in total. The van der Waals surface area contributed by atoms with Crippen molar-refractivity contribution in [2.45, 2.75) is 43.5 Å². The van der Waals surface area contributed by atoms with E-state index in [1.807, 2.05) is 0 Å². The van der Waals surface area contributed by atoms with Crippen LogP contribution in [0.1, 0.15) is 36.0 Å². The van der Waals surface area contributed by atoms with E-state index in [4.69, 9.17) is 0 Å². The largest absolute Gasteiger partial charge is 0.317 e. The number of halogens is 2. The highest BCUT2D eigenvalue weighted by molar-refractivity contribution is 7.99. The molecule has 29 heavy (non-hydrogen) atoms. The van der Waals surface area contributed by atoms with Crippen molar-refractivity contribution in [3.8, 4) is 0 Å². The zero-order valence-electron chi connectivity index (χ0n) is 17.1. The predicted molar refractivity (Wildman–Crippen MR) is 131 cm³/mol. The third-order valence-electron chi connectivity index (χ3n) is 6.08. The molecule has 160 valence electrons. The van der Waals surface area contributed by atoms with Crippen molar-refractivity contribution >= 4 is 36.6 Å². The number of piperidine rings is 1. The lowest BCUT2D eigenvalue weighted by Crippen LogP contribution is -2.27. The molecule has 1 saturated heterocycles. The Balaban J connectivity index is 0.00000150. The van der Waals surface area contributed by atoms with Gasteiger partial charge in [-0.2, -0.15) is 0 Å². The molecule has 4 rings (SSSR count). The predicted octanol–water partition coefficient (Wildman–Crippen LogP) is 5.61. The van der Waals surface area contributed by atoms with Crippen molar-refractivity contribution < 1.29 is 0 Å². The van der Waals surface area contributed by atoms with Gasteiger partial charge in [0.05, 0.1) is 0 Å². The first-order chi connectivity index (χ1) is 13.4. The van der Waals surface area contributed by atoms with Crippen LogP contribution in [0.2, 0.25) is 0 Å². The molecule has 0 amide bonds. The maximum Gasteiger partial charge on any atom is 0.0233 e. The first-order valence-electron chi connectivity index (χ1n) is 10.6.